The van der Waals surface area contributed by atoms with E-state index in [2.05, 4.69) is 13.2 Å². The average molecular weight is 395 g/mol. The molecule has 0 aliphatic heterocycles. The lowest BCUT2D eigenvalue weighted by Crippen LogP contribution is -2.54. The van der Waals surface area contributed by atoms with Crippen molar-refractivity contribution in [1.82, 2.24) is 13.7 Å². The molecule has 2 rings (SSSR count). The molecule has 6 nitrogen and oxygen atoms in total. The van der Waals surface area contributed by atoms with E-state index >= 15 is 0 Å². The first-order valence-corrected chi connectivity index (χ1v) is 8.31. The number of hydrogen-bond donors (Lipinski definition) is 0. The highest BCUT2D eigenvalue weighted by atomic mass is 19.4. The maximum Gasteiger partial charge on any atom is 0.416 e. The van der Waals surface area contributed by atoms with Gasteiger partial charge in [-0.25, -0.2) is 28.1 Å². The molecule has 2 aromatic rings. The van der Waals surface area contributed by atoms with E-state index in [1.165, 1.54) is 18.2 Å². The zero-order chi connectivity index (χ0) is 21.2. The number of alkyl halides is 3. The third kappa shape index (κ3) is 4.41. The Hall–Kier alpha value is -3.10. The van der Waals surface area contributed by atoms with Crippen LogP contribution in [0, 0.1) is 0 Å². The molecular weight excluding hydrogens is 375 g/mol. The van der Waals surface area contributed by atoms with Gasteiger partial charge in [0.15, 0.2) is 0 Å². The van der Waals surface area contributed by atoms with Crippen LogP contribution in [0.15, 0.2) is 63.0 Å². The van der Waals surface area contributed by atoms with Gasteiger partial charge in [0.2, 0.25) is 0 Å². The second kappa shape index (κ2) is 7.87. The molecule has 1 aromatic carbocycles. The van der Waals surface area contributed by atoms with Crippen molar-refractivity contribution in [2.24, 2.45) is 0 Å². The first-order chi connectivity index (χ1) is 12.9. The van der Waals surface area contributed by atoms with Crippen LogP contribution in [-0.2, 0) is 25.8 Å². The van der Waals surface area contributed by atoms with Gasteiger partial charge in [-0.05, 0) is 25.5 Å². The summed E-state index contributed by atoms with van der Waals surface area (Å²) in [6.07, 6.45) is -4.65. The third-order valence-electron chi connectivity index (χ3n) is 3.89. The summed E-state index contributed by atoms with van der Waals surface area (Å²) in [4.78, 5) is 38.0. The van der Waals surface area contributed by atoms with Crippen LogP contribution < -0.4 is 17.1 Å². The quantitative estimate of drug-likeness (QED) is 0.706. The van der Waals surface area contributed by atoms with Crippen molar-refractivity contribution in [1.29, 1.82) is 0 Å². The molecule has 0 aliphatic carbocycles. The molecule has 0 spiro atoms. The molecule has 0 bridgehead atoms. The van der Waals surface area contributed by atoms with E-state index in [1.807, 2.05) is 0 Å². The van der Waals surface area contributed by atoms with E-state index in [9.17, 15) is 27.6 Å². The minimum absolute atomic E-state index is 0.158. The SMILES string of the molecule is C=C(C)Cn1c(=O)n(CC(=C)C)c(=O)n(Cc2ccccc2C(F)(F)F)c1=O. The predicted molar refractivity (Wildman–Crippen MR) is 99.4 cm³/mol. The number of aromatic nitrogens is 3. The lowest BCUT2D eigenvalue weighted by Gasteiger charge is -2.16. The van der Waals surface area contributed by atoms with E-state index in [4.69, 9.17) is 0 Å². The number of hydrogen-bond acceptors (Lipinski definition) is 3. The van der Waals surface area contributed by atoms with Crippen LogP contribution >= 0.6 is 0 Å². The third-order valence-corrected chi connectivity index (χ3v) is 3.89. The van der Waals surface area contributed by atoms with Crippen molar-refractivity contribution in [2.75, 3.05) is 0 Å². The van der Waals surface area contributed by atoms with E-state index < -0.39 is 35.4 Å². The fraction of sp³-hybridized carbons (Fsp3) is 0.316. The molecule has 0 N–H and O–H groups in total. The van der Waals surface area contributed by atoms with E-state index in [-0.39, 0.29) is 18.7 Å². The van der Waals surface area contributed by atoms with E-state index in [0.29, 0.717) is 15.7 Å². The minimum atomic E-state index is -4.65. The Morgan fingerprint density at radius 1 is 0.857 bits per heavy atom. The van der Waals surface area contributed by atoms with Gasteiger partial charge in [-0.2, -0.15) is 13.2 Å². The van der Waals surface area contributed by atoms with Crippen molar-refractivity contribution >= 4 is 0 Å². The highest BCUT2D eigenvalue weighted by molar-refractivity contribution is 5.29. The summed E-state index contributed by atoms with van der Waals surface area (Å²) < 4.78 is 42.0. The van der Waals surface area contributed by atoms with Crippen LogP contribution in [-0.4, -0.2) is 13.7 Å². The molecule has 0 fully saturated rings. The van der Waals surface area contributed by atoms with Crippen LogP contribution in [0.4, 0.5) is 13.2 Å². The number of allylic oxidation sites excluding steroid dienone is 2. The van der Waals surface area contributed by atoms with Crippen LogP contribution in [0.5, 0.6) is 0 Å². The van der Waals surface area contributed by atoms with Crippen molar-refractivity contribution in [3.63, 3.8) is 0 Å². The van der Waals surface area contributed by atoms with Gasteiger partial charge in [0.25, 0.3) is 0 Å². The number of nitrogens with zero attached hydrogens (tertiary/aromatic N) is 3. The molecule has 0 unspecified atom stereocenters. The Morgan fingerprint density at radius 2 is 1.29 bits per heavy atom. The standard InChI is InChI=1S/C19H20F3N3O3/c1-12(2)9-23-16(26)24(10-13(3)4)18(28)25(17(23)27)11-14-7-5-6-8-15(14)19(20,21)22/h5-8H,1,3,9-11H2,2,4H3. The molecule has 28 heavy (non-hydrogen) atoms. The van der Waals surface area contributed by atoms with Gasteiger partial charge >= 0.3 is 23.2 Å². The molecule has 0 amide bonds. The Morgan fingerprint density at radius 3 is 1.71 bits per heavy atom. The van der Waals surface area contributed by atoms with E-state index in [1.54, 1.807) is 13.8 Å². The maximum atomic E-state index is 13.3. The van der Waals surface area contributed by atoms with E-state index in [0.717, 1.165) is 15.2 Å². The summed E-state index contributed by atoms with van der Waals surface area (Å²) >= 11 is 0. The monoisotopic (exact) mass is 395 g/mol. The Labute approximate surface area is 158 Å². The van der Waals surface area contributed by atoms with Crippen molar-refractivity contribution < 1.29 is 13.2 Å². The number of halogens is 3. The highest BCUT2D eigenvalue weighted by Gasteiger charge is 2.33. The summed E-state index contributed by atoms with van der Waals surface area (Å²) in [7, 11) is 0. The first kappa shape index (κ1) is 21.2. The molecule has 0 aliphatic rings. The molecule has 0 atom stereocenters. The molecule has 150 valence electrons. The Bertz CT molecular complexity index is 1050. The zero-order valence-corrected chi connectivity index (χ0v) is 15.5. The van der Waals surface area contributed by atoms with Gasteiger partial charge in [-0.3, -0.25) is 0 Å². The summed E-state index contributed by atoms with van der Waals surface area (Å²) in [5.41, 5.74) is -3.10. The van der Waals surface area contributed by atoms with Gasteiger partial charge < -0.3 is 0 Å². The van der Waals surface area contributed by atoms with Crippen molar-refractivity contribution in [3.8, 4) is 0 Å². The smallest absolute Gasteiger partial charge is 0.247 e. The first-order valence-electron chi connectivity index (χ1n) is 8.31. The maximum absolute atomic E-state index is 13.3. The largest absolute Gasteiger partial charge is 0.416 e. The zero-order valence-electron chi connectivity index (χ0n) is 15.5. The van der Waals surface area contributed by atoms with Gasteiger partial charge in [0.05, 0.1) is 25.2 Å². The summed E-state index contributed by atoms with van der Waals surface area (Å²) in [5.74, 6) is 0. The predicted octanol–water partition coefficient (Wildman–Crippen LogP) is 2.39. The topological polar surface area (TPSA) is 66.0 Å². The van der Waals surface area contributed by atoms with Crippen LogP contribution in [0.2, 0.25) is 0 Å². The fourth-order valence-corrected chi connectivity index (χ4v) is 2.73. The molecule has 0 saturated carbocycles. The molecule has 0 saturated heterocycles. The van der Waals surface area contributed by atoms with Gasteiger partial charge in [-0.15, -0.1) is 0 Å². The molecule has 1 heterocycles. The summed E-state index contributed by atoms with van der Waals surface area (Å²) in [6.45, 7) is 9.52. The molecular formula is C19H20F3N3O3. The minimum Gasteiger partial charge on any atom is -0.247 e. The second-order valence-electron chi connectivity index (χ2n) is 6.68. The lowest BCUT2D eigenvalue weighted by molar-refractivity contribution is -0.138. The number of rotatable bonds is 6. The lowest BCUT2D eigenvalue weighted by atomic mass is 10.1. The van der Waals surface area contributed by atoms with Crippen molar-refractivity contribution in [3.05, 3.63) is 91.1 Å². The van der Waals surface area contributed by atoms with Crippen molar-refractivity contribution in [2.45, 2.75) is 39.7 Å². The normalized spacial score (nSPS) is 11.5. The molecule has 1 aromatic heterocycles. The fourth-order valence-electron chi connectivity index (χ4n) is 2.73. The van der Waals surface area contributed by atoms with Gasteiger partial charge in [0, 0.05) is 0 Å². The van der Waals surface area contributed by atoms with Crippen LogP contribution in [0.25, 0.3) is 0 Å². The Balaban J connectivity index is 2.77. The highest BCUT2D eigenvalue weighted by Crippen LogP contribution is 2.31. The van der Waals surface area contributed by atoms with Gasteiger partial charge in [0.1, 0.15) is 0 Å². The molecule has 9 heteroatoms. The second-order valence-corrected chi connectivity index (χ2v) is 6.68. The summed E-state index contributed by atoms with van der Waals surface area (Å²) in [6, 6.07) is 4.66. The number of benzene rings is 1. The van der Waals surface area contributed by atoms with Gasteiger partial charge in [-0.1, -0.05) is 42.5 Å². The average Bonchev–Trinajstić information content (AvgIpc) is 2.58. The molecule has 0 radical (unpaired) electrons. The van der Waals surface area contributed by atoms with Crippen LogP contribution in [0.3, 0.4) is 0 Å². The summed E-state index contributed by atoms with van der Waals surface area (Å²) in [5, 5.41) is 0. The van der Waals surface area contributed by atoms with Crippen LogP contribution in [0.1, 0.15) is 25.0 Å². The Kier molecular flexibility index (Phi) is 5.96.